The zero-order valence-corrected chi connectivity index (χ0v) is 33.4. The summed E-state index contributed by atoms with van der Waals surface area (Å²) in [6.45, 7) is 17.4. The average Bonchev–Trinajstić information content (AvgIpc) is 2.99. The molecule has 10 heteroatoms. The van der Waals surface area contributed by atoms with Crippen LogP contribution in [0.4, 0.5) is 0 Å². The van der Waals surface area contributed by atoms with E-state index >= 15 is 0 Å². The van der Waals surface area contributed by atoms with Crippen LogP contribution in [0, 0.1) is 11.8 Å². The van der Waals surface area contributed by atoms with E-state index in [0.29, 0.717) is 25.9 Å². The Labute approximate surface area is 295 Å². The molecule has 0 saturated carbocycles. The molecule has 6 nitrogen and oxygen atoms in total. The minimum absolute atomic E-state index is 0.119. The molecule has 2 amide bonds. The number of hydrogen-bond acceptors (Lipinski definition) is 8. The van der Waals surface area contributed by atoms with Gasteiger partial charge >= 0.3 is 0 Å². The van der Waals surface area contributed by atoms with Crippen LogP contribution in [0.3, 0.4) is 0 Å². The van der Waals surface area contributed by atoms with E-state index in [1.54, 1.807) is 0 Å². The number of carbonyl (C=O) groups excluding carboxylic acids is 2. The van der Waals surface area contributed by atoms with Crippen LogP contribution >= 0.6 is 43.2 Å². The molecule has 0 radical (unpaired) electrons. The minimum atomic E-state index is 0.119. The van der Waals surface area contributed by atoms with Crippen LogP contribution in [0.5, 0.6) is 0 Å². The van der Waals surface area contributed by atoms with E-state index in [4.69, 9.17) is 0 Å². The van der Waals surface area contributed by atoms with Crippen LogP contribution in [-0.2, 0) is 9.59 Å². The van der Waals surface area contributed by atoms with Crippen LogP contribution in [0.2, 0.25) is 0 Å². The summed E-state index contributed by atoms with van der Waals surface area (Å²) < 4.78 is 0. The van der Waals surface area contributed by atoms with Gasteiger partial charge < -0.3 is 20.4 Å². The average molecular weight is 709 g/mol. The second-order valence-electron chi connectivity index (χ2n) is 13.2. The molecule has 0 aromatic carbocycles. The van der Waals surface area contributed by atoms with Gasteiger partial charge in [-0.15, -0.1) is 0 Å². The van der Waals surface area contributed by atoms with E-state index < -0.39 is 0 Å². The Morgan fingerprint density at radius 2 is 1.00 bits per heavy atom. The summed E-state index contributed by atoms with van der Waals surface area (Å²) in [4.78, 5) is 29.7. The molecule has 0 atom stereocenters. The van der Waals surface area contributed by atoms with Crippen LogP contribution < -0.4 is 10.6 Å². The molecule has 0 aromatic rings. The molecular weight excluding hydrogens is 637 g/mol. The lowest BCUT2D eigenvalue weighted by atomic mass is 10.0. The fraction of sp³-hybridized carbons (Fsp3) is 0.943. The summed E-state index contributed by atoms with van der Waals surface area (Å²) in [5, 5.41) is 6.19. The molecule has 0 aromatic heterocycles. The Kier molecular flexibility index (Phi) is 34.3. The molecule has 45 heavy (non-hydrogen) atoms. The number of rotatable bonds is 34. The van der Waals surface area contributed by atoms with Gasteiger partial charge in [0.05, 0.1) is 0 Å². The Hall–Kier alpha value is 0.260. The molecule has 0 unspecified atom stereocenters. The van der Waals surface area contributed by atoms with E-state index in [9.17, 15) is 9.59 Å². The zero-order chi connectivity index (χ0) is 33.4. The molecule has 0 aliphatic carbocycles. The Morgan fingerprint density at radius 1 is 0.556 bits per heavy atom. The molecule has 268 valence electrons. The SMILES string of the molecule is CCCN(C)CCCN(CCC(=O)NCCSSCCCCCCC(C)C)CCC(=O)NCCSSCCCCCCC(C)C. The summed E-state index contributed by atoms with van der Waals surface area (Å²) >= 11 is 0. The van der Waals surface area contributed by atoms with Gasteiger partial charge in [0.2, 0.25) is 11.8 Å². The van der Waals surface area contributed by atoms with Gasteiger partial charge in [-0.1, -0.05) is 129 Å². The van der Waals surface area contributed by atoms with Gasteiger partial charge in [0.25, 0.3) is 0 Å². The number of nitrogens with zero attached hydrogens (tertiary/aromatic N) is 2. The Bertz CT molecular complexity index is 628. The van der Waals surface area contributed by atoms with Crippen molar-refractivity contribution in [2.75, 3.05) is 75.9 Å². The molecule has 0 spiro atoms. The number of unbranched alkanes of at least 4 members (excludes halogenated alkanes) is 6. The van der Waals surface area contributed by atoms with Crippen molar-refractivity contribution in [2.24, 2.45) is 11.8 Å². The van der Waals surface area contributed by atoms with E-state index in [0.717, 1.165) is 68.9 Å². The highest BCUT2D eigenvalue weighted by Crippen LogP contribution is 2.23. The standard InChI is InChI=1S/C35H72N4O2S4/c1-7-23-38(6)24-16-25-39(26-19-34(40)36-21-30-44-42-28-14-10-8-12-17-32(2)3)27-20-35(41)37-22-31-45-43-29-15-11-9-13-18-33(4)5/h32-33H,7-31H2,1-6H3,(H,36,40)(H,37,41). The molecule has 0 aliphatic rings. The van der Waals surface area contributed by atoms with E-state index in [-0.39, 0.29) is 11.8 Å². The van der Waals surface area contributed by atoms with Crippen molar-refractivity contribution >= 4 is 55.0 Å². The van der Waals surface area contributed by atoms with Crippen LogP contribution in [0.15, 0.2) is 0 Å². The second kappa shape index (κ2) is 34.1. The fourth-order valence-corrected chi connectivity index (χ4v) is 9.03. The second-order valence-corrected chi connectivity index (χ2v) is 18.6. The van der Waals surface area contributed by atoms with E-state index in [1.807, 2.05) is 43.2 Å². The molecule has 0 saturated heterocycles. The lowest BCUT2D eigenvalue weighted by Gasteiger charge is -2.23. The zero-order valence-electron chi connectivity index (χ0n) is 30.2. The van der Waals surface area contributed by atoms with Gasteiger partial charge in [0.15, 0.2) is 0 Å². The van der Waals surface area contributed by atoms with Gasteiger partial charge in [0, 0.05) is 62.0 Å². The van der Waals surface area contributed by atoms with E-state index in [2.05, 4.69) is 62.1 Å². The first kappa shape index (κ1) is 45.3. The van der Waals surface area contributed by atoms with Crippen molar-refractivity contribution in [2.45, 2.75) is 125 Å². The summed E-state index contributed by atoms with van der Waals surface area (Å²) in [5.41, 5.74) is 0. The molecule has 0 fully saturated rings. The Morgan fingerprint density at radius 3 is 1.44 bits per heavy atom. The highest BCUT2D eigenvalue weighted by atomic mass is 33.1. The van der Waals surface area contributed by atoms with Crippen LogP contribution in [0.1, 0.15) is 125 Å². The highest BCUT2D eigenvalue weighted by Gasteiger charge is 2.11. The summed E-state index contributed by atoms with van der Waals surface area (Å²) in [5.74, 6) is 6.19. The molecule has 0 rings (SSSR count). The van der Waals surface area contributed by atoms with Gasteiger partial charge in [-0.25, -0.2) is 0 Å². The van der Waals surface area contributed by atoms with Crippen molar-refractivity contribution < 1.29 is 9.59 Å². The summed E-state index contributed by atoms with van der Waals surface area (Å²) in [6.07, 6.45) is 16.6. The molecule has 0 aliphatic heterocycles. The molecule has 0 heterocycles. The molecule has 2 N–H and O–H groups in total. The number of hydrogen-bond donors (Lipinski definition) is 2. The fourth-order valence-electron chi connectivity index (χ4n) is 4.92. The van der Waals surface area contributed by atoms with Crippen molar-refractivity contribution in [3.05, 3.63) is 0 Å². The third-order valence-corrected chi connectivity index (χ3v) is 12.6. The Balaban J connectivity index is 4.08. The van der Waals surface area contributed by atoms with E-state index in [1.165, 1.54) is 75.7 Å². The van der Waals surface area contributed by atoms with Gasteiger partial charge in [-0.2, -0.15) is 0 Å². The first-order chi connectivity index (χ1) is 21.7. The van der Waals surface area contributed by atoms with Crippen LogP contribution in [0.25, 0.3) is 0 Å². The lowest BCUT2D eigenvalue weighted by Crippen LogP contribution is -2.36. The number of nitrogens with one attached hydrogen (secondary N) is 2. The largest absolute Gasteiger partial charge is 0.355 e. The van der Waals surface area contributed by atoms with Crippen molar-refractivity contribution in [3.8, 4) is 0 Å². The topological polar surface area (TPSA) is 64.7 Å². The monoisotopic (exact) mass is 708 g/mol. The predicted octanol–water partition coefficient (Wildman–Crippen LogP) is 9.01. The third kappa shape index (κ3) is 35.4. The predicted molar refractivity (Wildman–Crippen MR) is 210 cm³/mol. The summed E-state index contributed by atoms with van der Waals surface area (Å²) in [7, 11) is 9.79. The number of amides is 2. The minimum Gasteiger partial charge on any atom is -0.355 e. The number of carbonyl (C=O) groups is 2. The smallest absolute Gasteiger partial charge is 0.221 e. The van der Waals surface area contributed by atoms with Gasteiger partial charge in [0.1, 0.15) is 0 Å². The lowest BCUT2D eigenvalue weighted by molar-refractivity contribution is -0.121. The first-order valence-corrected chi connectivity index (χ1v) is 23.1. The van der Waals surface area contributed by atoms with Crippen molar-refractivity contribution in [1.82, 2.24) is 20.4 Å². The maximum atomic E-state index is 12.5. The molecule has 0 bridgehead atoms. The molecular formula is C35H72N4O2S4. The summed E-state index contributed by atoms with van der Waals surface area (Å²) in [6, 6.07) is 0. The maximum absolute atomic E-state index is 12.5. The van der Waals surface area contributed by atoms with Crippen molar-refractivity contribution in [1.29, 1.82) is 0 Å². The normalized spacial score (nSPS) is 11.8. The van der Waals surface area contributed by atoms with Crippen molar-refractivity contribution in [3.63, 3.8) is 0 Å². The third-order valence-electron chi connectivity index (χ3n) is 7.63. The maximum Gasteiger partial charge on any atom is 0.221 e. The quantitative estimate of drug-likeness (QED) is 0.0508. The highest BCUT2D eigenvalue weighted by molar-refractivity contribution is 8.77. The van der Waals surface area contributed by atoms with Gasteiger partial charge in [-0.05, 0) is 64.2 Å². The first-order valence-electron chi connectivity index (χ1n) is 18.2. The van der Waals surface area contributed by atoms with Gasteiger partial charge in [-0.3, -0.25) is 9.59 Å². The van der Waals surface area contributed by atoms with Crippen LogP contribution in [-0.4, -0.2) is 97.5 Å².